The molecule has 0 atom stereocenters. The normalized spacial score (nSPS) is 10.0. The van der Waals surface area contributed by atoms with Crippen molar-refractivity contribution in [3.8, 4) is 0 Å². The van der Waals surface area contributed by atoms with Crippen LogP contribution in [0.4, 0.5) is 11.4 Å². The smallest absolute Gasteiger partial charge is 0.256 e. The second-order valence-corrected chi connectivity index (χ2v) is 4.60. The number of para-hydroxylation sites is 1. The summed E-state index contributed by atoms with van der Waals surface area (Å²) < 4.78 is 0. The Balaban J connectivity index is 2.32. The van der Waals surface area contributed by atoms with Gasteiger partial charge in [0.2, 0.25) is 0 Å². The first-order valence-electron chi connectivity index (χ1n) is 6.52. The van der Waals surface area contributed by atoms with E-state index < -0.39 is 0 Å². The minimum absolute atomic E-state index is 0.254. The van der Waals surface area contributed by atoms with Crippen molar-refractivity contribution in [2.45, 2.75) is 6.92 Å². The lowest BCUT2D eigenvalue weighted by atomic mass is 10.1. The number of anilines is 2. The highest BCUT2D eigenvalue weighted by Gasteiger charge is 2.14. The maximum Gasteiger partial charge on any atom is 0.256 e. The molecule has 0 aliphatic rings. The van der Waals surface area contributed by atoms with Crippen LogP contribution in [0.15, 0.2) is 42.5 Å². The highest BCUT2D eigenvalue weighted by atomic mass is 16.2. The Bertz CT molecular complexity index is 696. The second-order valence-electron chi connectivity index (χ2n) is 4.60. The second kappa shape index (κ2) is 6.09. The minimum atomic E-state index is -0.295. The van der Waals surface area contributed by atoms with Gasteiger partial charge in [0.15, 0.2) is 0 Å². The molecule has 2 rings (SSSR count). The van der Waals surface area contributed by atoms with Crippen LogP contribution in [0.5, 0.6) is 0 Å². The van der Waals surface area contributed by atoms with E-state index in [0.29, 0.717) is 28.1 Å². The van der Waals surface area contributed by atoms with Gasteiger partial charge in [-0.05, 0) is 36.8 Å². The SMILES string of the molecule is CNC(=O)c1ccccc1NC(=O)c1cccc(N)c1C. The molecule has 0 saturated carbocycles. The highest BCUT2D eigenvalue weighted by molar-refractivity contribution is 6.10. The molecule has 2 amide bonds. The predicted octanol–water partition coefficient (Wildman–Crippen LogP) is 2.19. The first-order chi connectivity index (χ1) is 10.0. The predicted molar refractivity (Wildman–Crippen MR) is 83.4 cm³/mol. The fourth-order valence-corrected chi connectivity index (χ4v) is 2.01. The average Bonchev–Trinajstić information content (AvgIpc) is 2.49. The third-order valence-electron chi connectivity index (χ3n) is 3.27. The Morgan fingerprint density at radius 1 is 0.952 bits per heavy atom. The number of carbonyl (C=O) groups excluding carboxylic acids is 2. The van der Waals surface area contributed by atoms with Crippen molar-refractivity contribution in [2.75, 3.05) is 18.1 Å². The number of nitrogens with two attached hydrogens (primary N) is 1. The molecule has 2 aromatic carbocycles. The largest absolute Gasteiger partial charge is 0.398 e. The molecule has 0 heterocycles. The van der Waals surface area contributed by atoms with Crippen LogP contribution in [0.2, 0.25) is 0 Å². The van der Waals surface area contributed by atoms with Gasteiger partial charge < -0.3 is 16.4 Å². The maximum absolute atomic E-state index is 12.4. The zero-order chi connectivity index (χ0) is 15.4. The molecule has 2 aromatic rings. The lowest BCUT2D eigenvalue weighted by molar-refractivity contribution is 0.0964. The number of benzene rings is 2. The number of nitrogen functional groups attached to an aromatic ring is 1. The number of carbonyl (C=O) groups is 2. The van der Waals surface area contributed by atoms with E-state index >= 15 is 0 Å². The van der Waals surface area contributed by atoms with E-state index in [4.69, 9.17) is 5.73 Å². The third-order valence-corrected chi connectivity index (χ3v) is 3.27. The van der Waals surface area contributed by atoms with Crippen LogP contribution in [0, 0.1) is 6.92 Å². The van der Waals surface area contributed by atoms with E-state index in [0.717, 1.165) is 0 Å². The number of amides is 2. The average molecular weight is 283 g/mol. The van der Waals surface area contributed by atoms with Gasteiger partial charge in [-0.3, -0.25) is 9.59 Å². The summed E-state index contributed by atoms with van der Waals surface area (Å²) in [6.45, 7) is 1.79. The zero-order valence-corrected chi connectivity index (χ0v) is 11.9. The third kappa shape index (κ3) is 3.02. The van der Waals surface area contributed by atoms with Gasteiger partial charge in [-0.25, -0.2) is 0 Å². The summed E-state index contributed by atoms with van der Waals surface area (Å²) in [5, 5.41) is 5.30. The Labute approximate surface area is 123 Å². The monoisotopic (exact) mass is 283 g/mol. The molecule has 21 heavy (non-hydrogen) atoms. The summed E-state index contributed by atoms with van der Waals surface area (Å²) in [5.74, 6) is -0.550. The summed E-state index contributed by atoms with van der Waals surface area (Å²) in [7, 11) is 1.54. The molecule has 0 spiro atoms. The van der Waals surface area contributed by atoms with Crippen molar-refractivity contribution in [2.24, 2.45) is 0 Å². The van der Waals surface area contributed by atoms with Gasteiger partial charge in [-0.2, -0.15) is 0 Å². The Kier molecular flexibility index (Phi) is 4.23. The van der Waals surface area contributed by atoms with E-state index in [1.165, 1.54) is 0 Å². The summed E-state index contributed by atoms with van der Waals surface area (Å²) >= 11 is 0. The van der Waals surface area contributed by atoms with Crippen LogP contribution in [0.1, 0.15) is 26.3 Å². The number of nitrogens with one attached hydrogen (secondary N) is 2. The van der Waals surface area contributed by atoms with Gasteiger partial charge in [0.05, 0.1) is 11.3 Å². The molecule has 5 nitrogen and oxygen atoms in total. The molecular formula is C16H17N3O2. The van der Waals surface area contributed by atoms with E-state index in [1.807, 2.05) is 0 Å². The molecule has 108 valence electrons. The van der Waals surface area contributed by atoms with Crippen molar-refractivity contribution >= 4 is 23.2 Å². The fraction of sp³-hybridized carbons (Fsp3) is 0.125. The summed E-state index contributed by atoms with van der Waals surface area (Å²) in [5.41, 5.74) is 8.44. The Morgan fingerprint density at radius 2 is 1.62 bits per heavy atom. The zero-order valence-electron chi connectivity index (χ0n) is 11.9. The lowest BCUT2D eigenvalue weighted by Gasteiger charge is -2.12. The topological polar surface area (TPSA) is 84.2 Å². The Morgan fingerprint density at radius 3 is 2.33 bits per heavy atom. The van der Waals surface area contributed by atoms with Crippen LogP contribution in [0.3, 0.4) is 0 Å². The van der Waals surface area contributed by atoms with Crippen LogP contribution in [0.25, 0.3) is 0 Å². The molecular weight excluding hydrogens is 266 g/mol. The fourth-order valence-electron chi connectivity index (χ4n) is 2.01. The van der Waals surface area contributed by atoms with Crippen LogP contribution in [-0.2, 0) is 0 Å². The number of hydrogen-bond acceptors (Lipinski definition) is 3. The summed E-state index contributed by atoms with van der Waals surface area (Å²) in [4.78, 5) is 24.1. The van der Waals surface area contributed by atoms with Crippen molar-refractivity contribution < 1.29 is 9.59 Å². The van der Waals surface area contributed by atoms with Gasteiger partial charge >= 0.3 is 0 Å². The molecule has 0 aliphatic carbocycles. The first-order valence-corrected chi connectivity index (χ1v) is 6.52. The van der Waals surface area contributed by atoms with Gasteiger partial charge in [-0.1, -0.05) is 18.2 Å². The van der Waals surface area contributed by atoms with Crippen molar-refractivity contribution in [3.05, 3.63) is 59.2 Å². The van der Waals surface area contributed by atoms with Gasteiger partial charge in [-0.15, -0.1) is 0 Å². The van der Waals surface area contributed by atoms with E-state index in [2.05, 4.69) is 10.6 Å². The summed E-state index contributed by atoms with van der Waals surface area (Å²) in [6, 6.07) is 12.0. The van der Waals surface area contributed by atoms with Gasteiger partial charge in [0.1, 0.15) is 0 Å². The van der Waals surface area contributed by atoms with Crippen molar-refractivity contribution in [1.29, 1.82) is 0 Å². The molecule has 5 heteroatoms. The van der Waals surface area contributed by atoms with E-state index in [9.17, 15) is 9.59 Å². The standard InChI is InChI=1S/C16H17N3O2/c1-10-11(7-5-8-13(10)17)16(21)19-14-9-4-3-6-12(14)15(20)18-2/h3-9H,17H2,1-2H3,(H,18,20)(H,19,21). The van der Waals surface area contributed by atoms with Crippen molar-refractivity contribution in [1.82, 2.24) is 5.32 Å². The van der Waals surface area contributed by atoms with Gasteiger partial charge in [0, 0.05) is 18.3 Å². The molecule has 0 unspecified atom stereocenters. The summed E-state index contributed by atoms with van der Waals surface area (Å²) in [6.07, 6.45) is 0. The minimum Gasteiger partial charge on any atom is -0.398 e. The molecule has 0 radical (unpaired) electrons. The van der Waals surface area contributed by atoms with Gasteiger partial charge in [0.25, 0.3) is 11.8 Å². The first kappa shape index (κ1) is 14.6. The number of rotatable bonds is 3. The quantitative estimate of drug-likeness (QED) is 0.755. The molecule has 4 N–H and O–H groups in total. The Hall–Kier alpha value is -2.82. The maximum atomic E-state index is 12.4. The molecule has 0 aromatic heterocycles. The van der Waals surface area contributed by atoms with Crippen LogP contribution >= 0.6 is 0 Å². The van der Waals surface area contributed by atoms with Crippen molar-refractivity contribution in [3.63, 3.8) is 0 Å². The van der Waals surface area contributed by atoms with E-state index in [-0.39, 0.29) is 11.8 Å². The molecule has 0 bridgehead atoms. The van der Waals surface area contributed by atoms with Crippen LogP contribution < -0.4 is 16.4 Å². The molecule has 0 fully saturated rings. The molecule has 0 saturated heterocycles. The van der Waals surface area contributed by atoms with Crippen LogP contribution in [-0.4, -0.2) is 18.9 Å². The molecule has 0 aliphatic heterocycles. The highest BCUT2D eigenvalue weighted by Crippen LogP contribution is 2.19. The lowest BCUT2D eigenvalue weighted by Crippen LogP contribution is -2.21. The van der Waals surface area contributed by atoms with E-state index in [1.54, 1.807) is 56.4 Å². The number of hydrogen-bond donors (Lipinski definition) is 3.